The Morgan fingerprint density at radius 1 is 1.19 bits per heavy atom. The van der Waals surface area contributed by atoms with Crippen molar-refractivity contribution in [2.75, 3.05) is 13.1 Å². The number of nitrogens with zero attached hydrogens (tertiary/aromatic N) is 1. The van der Waals surface area contributed by atoms with Crippen LogP contribution in [0.15, 0.2) is 24.3 Å². The number of aliphatic carboxylic acids is 1. The quantitative estimate of drug-likeness (QED) is 0.713. The lowest BCUT2D eigenvalue weighted by molar-refractivity contribution is -0.156. The summed E-state index contributed by atoms with van der Waals surface area (Å²) in [6.07, 6.45) is 8.87. The van der Waals surface area contributed by atoms with Gasteiger partial charge in [-0.1, -0.05) is 24.3 Å². The number of hydrogen-bond acceptors (Lipinski definition) is 2. The number of likely N-dealkylation sites (tertiary alicyclic amines) is 1. The van der Waals surface area contributed by atoms with Crippen LogP contribution in [0.2, 0.25) is 0 Å². The van der Waals surface area contributed by atoms with Crippen molar-refractivity contribution < 1.29 is 14.7 Å². The van der Waals surface area contributed by atoms with Crippen molar-refractivity contribution in [2.24, 2.45) is 5.41 Å². The summed E-state index contributed by atoms with van der Waals surface area (Å²) in [4.78, 5) is 25.2. The molecular weight excluding hydrogens is 206 g/mol. The Balaban J connectivity index is 2.25. The average Bonchev–Trinajstić information content (AvgIpc) is 2.82. The molecular formula is C12H15NO3. The molecule has 1 amide bonds. The predicted octanol–water partition coefficient (Wildman–Crippen LogP) is 1.20. The molecule has 1 saturated heterocycles. The third kappa shape index (κ3) is 1.64. The van der Waals surface area contributed by atoms with Crippen LogP contribution in [-0.4, -0.2) is 35.0 Å². The molecule has 0 radical (unpaired) electrons. The Morgan fingerprint density at radius 3 is 2.38 bits per heavy atom. The van der Waals surface area contributed by atoms with Crippen LogP contribution >= 0.6 is 0 Å². The van der Waals surface area contributed by atoms with Gasteiger partial charge in [0.05, 0.1) is 0 Å². The summed E-state index contributed by atoms with van der Waals surface area (Å²) < 4.78 is 0. The molecule has 0 saturated carbocycles. The molecule has 4 nitrogen and oxygen atoms in total. The molecule has 2 aliphatic rings. The zero-order valence-corrected chi connectivity index (χ0v) is 9.06. The zero-order chi connectivity index (χ0) is 11.6. The first-order chi connectivity index (χ1) is 7.67. The van der Waals surface area contributed by atoms with E-state index in [-0.39, 0.29) is 12.3 Å². The Kier molecular flexibility index (Phi) is 2.81. The van der Waals surface area contributed by atoms with Gasteiger partial charge in [-0.05, 0) is 19.3 Å². The summed E-state index contributed by atoms with van der Waals surface area (Å²) in [5.74, 6) is -1.32. The third-order valence-electron chi connectivity index (χ3n) is 3.22. The Morgan fingerprint density at radius 2 is 1.88 bits per heavy atom. The number of carbonyl (C=O) groups is 2. The second-order valence-corrected chi connectivity index (χ2v) is 4.27. The Bertz CT molecular complexity index is 366. The van der Waals surface area contributed by atoms with E-state index in [1.807, 2.05) is 0 Å². The summed E-state index contributed by atoms with van der Waals surface area (Å²) in [5.41, 5.74) is -1.36. The van der Waals surface area contributed by atoms with Gasteiger partial charge in [0.2, 0.25) is 5.91 Å². The van der Waals surface area contributed by atoms with Gasteiger partial charge in [-0.2, -0.15) is 0 Å². The largest absolute Gasteiger partial charge is 0.480 e. The van der Waals surface area contributed by atoms with Crippen molar-refractivity contribution in [3.05, 3.63) is 24.3 Å². The van der Waals surface area contributed by atoms with Crippen molar-refractivity contribution in [3.63, 3.8) is 0 Å². The van der Waals surface area contributed by atoms with E-state index in [9.17, 15) is 14.7 Å². The number of amides is 1. The van der Waals surface area contributed by atoms with Gasteiger partial charge in [0.25, 0.3) is 0 Å². The molecule has 2 rings (SSSR count). The number of hydrogen-bond donors (Lipinski definition) is 1. The molecule has 4 heteroatoms. The van der Waals surface area contributed by atoms with Gasteiger partial charge in [-0.15, -0.1) is 0 Å². The van der Waals surface area contributed by atoms with Crippen LogP contribution in [0, 0.1) is 5.41 Å². The summed E-state index contributed by atoms with van der Waals surface area (Å²) in [7, 11) is 0. The van der Waals surface area contributed by atoms with Crippen molar-refractivity contribution in [1.29, 1.82) is 0 Å². The van der Waals surface area contributed by atoms with Gasteiger partial charge < -0.3 is 10.0 Å². The number of rotatable bonds is 2. The lowest BCUT2D eigenvalue weighted by Gasteiger charge is -2.29. The monoisotopic (exact) mass is 221 g/mol. The number of carboxylic acids is 1. The molecule has 0 spiro atoms. The van der Waals surface area contributed by atoms with Crippen LogP contribution in [0.4, 0.5) is 0 Å². The first kappa shape index (κ1) is 10.9. The van der Waals surface area contributed by atoms with E-state index in [0.717, 1.165) is 12.8 Å². The van der Waals surface area contributed by atoms with Gasteiger partial charge in [-0.25, -0.2) is 0 Å². The van der Waals surface area contributed by atoms with Crippen LogP contribution < -0.4 is 0 Å². The van der Waals surface area contributed by atoms with Crippen molar-refractivity contribution >= 4 is 11.9 Å². The van der Waals surface area contributed by atoms with Crippen LogP contribution in [0.25, 0.3) is 0 Å². The van der Waals surface area contributed by atoms with Crippen LogP contribution in [0.5, 0.6) is 0 Å². The zero-order valence-electron chi connectivity index (χ0n) is 9.06. The third-order valence-corrected chi connectivity index (χ3v) is 3.22. The highest BCUT2D eigenvalue weighted by Crippen LogP contribution is 2.32. The minimum absolute atomic E-state index is 0.258. The number of allylic oxidation sites excluding steroid dienone is 3. The van der Waals surface area contributed by atoms with Gasteiger partial charge in [0.15, 0.2) is 5.41 Å². The Labute approximate surface area is 94.2 Å². The van der Waals surface area contributed by atoms with Gasteiger partial charge in [0.1, 0.15) is 0 Å². The number of carboxylic acid groups (broad SMARTS) is 1. The molecule has 0 aromatic heterocycles. The topological polar surface area (TPSA) is 57.6 Å². The molecule has 0 bridgehead atoms. The summed E-state index contributed by atoms with van der Waals surface area (Å²) >= 11 is 0. The maximum atomic E-state index is 12.2. The molecule has 1 fully saturated rings. The van der Waals surface area contributed by atoms with E-state index in [1.165, 1.54) is 6.08 Å². The molecule has 1 atom stereocenters. The summed E-state index contributed by atoms with van der Waals surface area (Å²) in [5, 5.41) is 9.29. The highest BCUT2D eigenvalue weighted by molar-refractivity contribution is 6.04. The lowest BCUT2D eigenvalue weighted by atomic mass is 9.80. The van der Waals surface area contributed by atoms with E-state index < -0.39 is 11.4 Å². The van der Waals surface area contributed by atoms with E-state index in [4.69, 9.17) is 0 Å². The SMILES string of the molecule is O=C(O)C1(C(=O)N2CCCC2)C=CC=CC1. The standard InChI is InChI=1S/C12H15NO3/c14-10(13-8-4-5-9-13)12(11(15)16)6-2-1-3-7-12/h1-3,6H,4-5,7-9H2,(H,15,16). The second-order valence-electron chi connectivity index (χ2n) is 4.27. The summed E-state index contributed by atoms with van der Waals surface area (Å²) in [6.45, 7) is 1.37. The molecule has 0 aromatic rings. The highest BCUT2D eigenvalue weighted by Gasteiger charge is 2.46. The van der Waals surface area contributed by atoms with E-state index in [1.54, 1.807) is 23.1 Å². The average molecular weight is 221 g/mol. The molecule has 86 valence electrons. The van der Waals surface area contributed by atoms with E-state index >= 15 is 0 Å². The van der Waals surface area contributed by atoms with Gasteiger partial charge in [0, 0.05) is 13.1 Å². The van der Waals surface area contributed by atoms with E-state index in [2.05, 4.69) is 0 Å². The Hall–Kier alpha value is -1.58. The molecule has 1 unspecified atom stereocenters. The molecule has 0 aromatic carbocycles. The lowest BCUT2D eigenvalue weighted by Crippen LogP contribution is -2.46. The first-order valence-corrected chi connectivity index (χ1v) is 5.54. The maximum absolute atomic E-state index is 12.2. The van der Waals surface area contributed by atoms with Crippen molar-refractivity contribution in [3.8, 4) is 0 Å². The fourth-order valence-electron chi connectivity index (χ4n) is 2.23. The van der Waals surface area contributed by atoms with Crippen LogP contribution in [0.3, 0.4) is 0 Å². The van der Waals surface area contributed by atoms with Crippen LogP contribution in [-0.2, 0) is 9.59 Å². The first-order valence-electron chi connectivity index (χ1n) is 5.54. The fourth-order valence-corrected chi connectivity index (χ4v) is 2.23. The van der Waals surface area contributed by atoms with Gasteiger partial charge in [-0.3, -0.25) is 9.59 Å². The van der Waals surface area contributed by atoms with E-state index in [0.29, 0.717) is 13.1 Å². The van der Waals surface area contributed by atoms with Gasteiger partial charge >= 0.3 is 5.97 Å². The number of carbonyl (C=O) groups excluding carboxylic acids is 1. The normalized spacial score (nSPS) is 28.4. The van der Waals surface area contributed by atoms with Crippen LogP contribution in [0.1, 0.15) is 19.3 Å². The molecule has 1 heterocycles. The van der Waals surface area contributed by atoms with Crippen molar-refractivity contribution in [2.45, 2.75) is 19.3 Å². The molecule has 1 N–H and O–H groups in total. The second kappa shape index (κ2) is 4.12. The maximum Gasteiger partial charge on any atom is 0.323 e. The fraction of sp³-hybridized carbons (Fsp3) is 0.500. The minimum atomic E-state index is -1.36. The minimum Gasteiger partial charge on any atom is -0.480 e. The molecule has 16 heavy (non-hydrogen) atoms. The van der Waals surface area contributed by atoms with Crippen molar-refractivity contribution in [1.82, 2.24) is 4.90 Å². The molecule has 1 aliphatic carbocycles. The summed E-state index contributed by atoms with van der Waals surface area (Å²) in [6, 6.07) is 0. The predicted molar refractivity (Wildman–Crippen MR) is 58.8 cm³/mol. The highest BCUT2D eigenvalue weighted by atomic mass is 16.4. The smallest absolute Gasteiger partial charge is 0.323 e. The molecule has 1 aliphatic heterocycles.